The first-order valence-electron chi connectivity index (χ1n) is 8.95. The minimum atomic E-state index is -3.78. The van der Waals surface area contributed by atoms with Crippen LogP contribution in [0.5, 0.6) is 0 Å². The number of rotatable bonds is 8. The van der Waals surface area contributed by atoms with E-state index in [1.165, 1.54) is 55.0 Å². The number of nitrogens with one attached hydrogen (secondary N) is 3. The van der Waals surface area contributed by atoms with Crippen molar-refractivity contribution in [3.63, 3.8) is 0 Å². The summed E-state index contributed by atoms with van der Waals surface area (Å²) in [6, 6.07) is 12.0. The molecule has 2 amide bonds. The molecule has 0 aliphatic carbocycles. The number of benzene rings is 1. The Bertz CT molecular complexity index is 1100. The number of nitrogens with zero attached hydrogens (tertiary/aromatic N) is 2. The van der Waals surface area contributed by atoms with Crippen molar-refractivity contribution in [3.05, 3.63) is 78.9 Å². The first-order valence-corrected chi connectivity index (χ1v) is 10.4. The fourth-order valence-electron chi connectivity index (χ4n) is 2.47. The van der Waals surface area contributed by atoms with Gasteiger partial charge in [-0.1, -0.05) is 0 Å². The van der Waals surface area contributed by atoms with Gasteiger partial charge >= 0.3 is 0 Å². The summed E-state index contributed by atoms with van der Waals surface area (Å²) >= 11 is 0. The molecule has 0 aliphatic heterocycles. The lowest BCUT2D eigenvalue weighted by Gasteiger charge is -2.09. The molecule has 0 saturated carbocycles. The number of sulfonamides is 1. The van der Waals surface area contributed by atoms with Crippen molar-refractivity contribution in [3.8, 4) is 0 Å². The Balaban J connectivity index is 1.51. The highest BCUT2D eigenvalue weighted by Crippen LogP contribution is 2.16. The molecule has 3 aromatic rings. The lowest BCUT2D eigenvalue weighted by molar-refractivity contribution is -0.116. The van der Waals surface area contributed by atoms with Crippen LogP contribution in [0.1, 0.15) is 16.8 Å². The number of hydrogen-bond donors (Lipinski definition) is 3. The van der Waals surface area contributed by atoms with Crippen molar-refractivity contribution in [2.24, 2.45) is 0 Å². The Morgan fingerprint density at radius 3 is 2.27 bits per heavy atom. The van der Waals surface area contributed by atoms with Crippen LogP contribution in [0.2, 0.25) is 0 Å². The van der Waals surface area contributed by atoms with Crippen LogP contribution in [-0.4, -0.2) is 36.7 Å². The van der Waals surface area contributed by atoms with Gasteiger partial charge < -0.3 is 10.6 Å². The summed E-state index contributed by atoms with van der Waals surface area (Å²) in [4.78, 5) is 31.8. The van der Waals surface area contributed by atoms with E-state index in [-0.39, 0.29) is 29.3 Å². The second-order valence-corrected chi connectivity index (χ2v) is 7.84. The van der Waals surface area contributed by atoms with Gasteiger partial charge in [0.1, 0.15) is 0 Å². The van der Waals surface area contributed by atoms with Crippen LogP contribution < -0.4 is 15.4 Å². The predicted molar refractivity (Wildman–Crippen MR) is 111 cm³/mol. The van der Waals surface area contributed by atoms with Gasteiger partial charge in [0.2, 0.25) is 5.91 Å². The molecule has 0 aliphatic rings. The van der Waals surface area contributed by atoms with Gasteiger partial charge in [0.05, 0.1) is 22.5 Å². The molecule has 1 aromatic carbocycles. The first-order chi connectivity index (χ1) is 14.4. The van der Waals surface area contributed by atoms with Gasteiger partial charge in [0.15, 0.2) is 0 Å². The molecule has 0 saturated heterocycles. The summed E-state index contributed by atoms with van der Waals surface area (Å²) < 4.78 is 27.2. The highest BCUT2D eigenvalue weighted by molar-refractivity contribution is 7.92. The van der Waals surface area contributed by atoms with E-state index in [1.54, 1.807) is 18.3 Å². The van der Waals surface area contributed by atoms with Crippen LogP contribution in [0.25, 0.3) is 0 Å². The SMILES string of the molecule is O=C(CCNC(=O)c1ccc(S(=O)(=O)Nc2ccncc2)cc1)Nc1cccnc1. The summed E-state index contributed by atoms with van der Waals surface area (Å²) in [5.41, 5.74) is 1.24. The molecule has 0 radical (unpaired) electrons. The Morgan fingerprint density at radius 1 is 0.867 bits per heavy atom. The van der Waals surface area contributed by atoms with Crippen LogP contribution in [-0.2, 0) is 14.8 Å². The van der Waals surface area contributed by atoms with Crippen LogP contribution in [0.3, 0.4) is 0 Å². The molecule has 0 fully saturated rings. The Morgan fingerprint density at radius 2 is 1.60 bits per heavy atom. The first kappa shape index (κ1) is 20.9. The predicted octanol–water partition coefficient (Wildman–Crippen LogP) is 2.04. The minimum Gasteiger partial charge on any atom is -0.352 e. The van der Waals surface area contributed by atoms with E-state index in [9.17, 15) is 18.0 Å². The van der Waals surface area contributed by atoms with Gasteiger partial charge in [0, 0.05) is 37.1 Å². The Kier molecular flexibility index (Phi) is 6.71. The average molecular weight is 425 g/mol. The van der Waals surface area contributed by atoms with Crippen molar-refractivity contribution < 1.29 is 18.0 Å². The second kappa shape index (κ2) is 9.61. The zero-order valence-corrected chi connectivity index (χ0v) is 16.6. The van der Waals surface area contributed by atoms with Gasteiger partial charge in [-0.2, -0.15) is 0 Å². The monoisotopic (exact) mass is 425 g/mol. The molecule has 3 N–H and O–H groups in total. The number of amides is 2. The summed E-state index contributed by atoms with van der Waals surface area (Å²) in [7, 11) is -3.78. The number of aromatic nitrogens is 2. The molecule has 0 unspecified atom stereocenters. The van der Waals surface area contributed by atoms with Crippen molar-refractivity contribution in [1.82, 2.24) is 15.3 Å². The lowest BCUT2D eigenvalue weighted by Crippen LogP contribution is -2.27. The summed E-state index contributed by atoms with van der Waals surface area (Å²) in [5.74, 6) is -0.665. The zero-order chi connectivity index (χ0) is 21.4. The maximum atomic E-state index is 12.4. The van der Waals surface area contributed by atoms with Crippen LogP contribution in [0.15, 0.2) is 78.2 Å². The van der Waals surface area contributed by atoms with E-state index < -0.39 is 15.9 Å². The van der Waals surface area contributed by atoms with E-state index in [2.05, 4.69) is 25.3 Å². The Hall–Kier alpha value is -3.79. The molecule has 0 bridgehead atoms. The van der Waals surface area contributed by atoms with Crippen molar-refractivity contribution >= 4 is 33.2 Å². The minimum absolute atomic E-state index is 0.0201. The summed E-state index contributed by atoms with van der Waals surface area (Å²) in [6.45, 7) is 0.134. The topological polar surface area (TPSA) is 130 Å². The molecule has 0 atom stereocenters. The van der Waals surface area contributed by atoms with E-state index in [0.717, 1.165) is 0 Å². The van der Waals surface area contributed by atoms with Crippen molar-refractivity contribution in [2.75, 3.05) is 16.6 Å². The second-order valence-electron chi connectivity index (χ2n) is 6.16. The van der Waals surface area contributed by atoms with Crippen LogP contribution >= 0.6 is 0 Å². The number of carbonyl (C=O) groups excluding carboxylic acids is 2. The lowest BCUT2D eigenvalue weighted by atomic mass is 10.2. The third kappa shape index (κ3) is 5.85. The third-order valence-corrected chi connectivity index (χ3v) is 5.34. The standard InChI is InChI=1S/C20H19N5O4S/c26-19(24-17-2-1-10-22-14-17)9-13-23-20(27)15-3-5-18(6-4-15)30(28,29)25-16-7-11-21-12-8-16/h1-8,10-12,14H,9,13H2,(H,21,25)(H,23,27)(H,24,26). The number of pyridine rings is 2. The molecule has 10 heteroatoms. The fraction of sp³-hybridized carbons (Fsp3) is 0.100. The third-order valence-electron chi connectivity index (χ3n) is 3.94. The smallest absolute Gasteiger partial charge is 0.261 e. The molecule has 2 heterocycles. The summed E-state index contributed by atoms with van der Waals surface area (Å²) in [5, 5.41) is 5.30. The van der Waals surface area contributed by atoms with E-state index in [1.807, 2.05) is 0 Å². The summed E-state index contributed by atoms with van der Waals surface area (Å²) in [6.07, 6.45) is 6.16. The Labute approximate surface area is 173 Å². The molecule has 30 heavy (non-hydrogen) atoms. The van der Waals surface area contributed by atoms with Crippen LogP contribution in [0, 0.1) is 0 Å². The highest BCUT2D eigenvalue weighted by Gasteiger charge is 2.15. The molecule has 154 valence electrons. The maximum Gasteiger partial charge on any atom is 0.261 e. The zero-order valence-electron chi connectivity index (χ0n) is 15.8. The van der Waals surface area contributed by atoms with Gasteiger partial charge in [-0.05, 0) is 48.5 Å². The quantitative estimate of drug-likeness (QED) is 0.506. The normalized spacial score (nSPS) is 10.8. The van der Waals surface area contributed by atoms with Crippen molar-refractivity contribution in [2.45, 2.75) is 11.3 Å². The van der Waals surface area contributed by atoms with Crippen molar-refractivity contribution in [1.29, 1.82) is 0 Å². The van der Waals surface area contributed by atoms with Crippen LogP contribution in [0.4, 0.5) is 11.4 Å². The fourth-order valence-corrected chi connectivity index (χ4v) is 3.53. The van der Waals surface area contributed by atoms with Gasteiger partial charge in [0.25, 0.3) is 15.9 Å². The molecular weight excluding hydrogens is 406 g/mol. The molecule has 2 aromatic heterocycles. The number of anilines is 2. The molecule has 3 rings (SSSR count). The van der Waals surface area contributed by atoms with Gasteiger partial charge in [-0.25, -0.2) is 8.42 Å². The van der Waals surface area contributed by atoms with E-state index in [0.29, 0.717) is 11.4 Å². The van der Waals surface area contributed by atoms with Gasteiger partial charge in [-0.15, -0.1) is 0 Å². The molecular formula is C20H19N5O4S. The number of hydrogen-bond acceptors (Lipinski definition) is 6. The largest absolute Gasteiger partial charge is 0.352 e. The molecule has 9 nitrogen and oxygen atoms in total. The molecule has 0 spiro atoms. The number of carbonyl (C=O) groups is 2. The maximum absolute atomic E-state index is 12.4. The highest BCUT2D eigenvalue weighted by atomic mass is 32.2. The van der Waals surface area contributed by atoms with E-state index in [4.69, 9.17) is 0 Å². The average Bonchev–Trinajstić information content (AvgIpc) is 2.75. The van der Waals surface area contributed by atoms with E-state index >= 15 is 0 Å². The van der Waals surface area contributed by atoms with Gasteiger partial charge in [-0.3, -0.25) is 24.3 Å².